The van der Waals surface area contributed by atoms with Crippen LogP contribution in [-0.2, 0) is 0 Å². The predicted octanol–water partition coefficient (Wildman–Crippen LogP) is 3.64. The lowest BCUT2D eigenvalue weighted by molar-refractivity contribution is 0.0191. The van der Waals surface area contributed by atoms with Crippen LogP contribution in [0.1, 0.15) is 26.2 Å². The number of rotatable bonds is 4. The van der Waals surface area contributed by atoms with Crippen LogP contribution in [0, 0.1) is 23.7 Å². The zero-order valence-corrected chi connectivity index (χ0v) is 14.6. The van der Waals surface area contributed by atoms with Gasteiger partial charge in [0.1, 0.15) is 0 Å². The van der Waals surface area contributed by atoms with Crippen LogP contribution in [0.25, 0.3) is 0 Å². The zero-order valence-electron chi connectivity index (χ0n) is 13.8. The van der Waals surface area contributed by atoms with Gasteiger partial charge in [-0.05, 0) is 67.2 Å². The standard InChI is InChI=1S/C19H28N2S/c1-3-7-21-11-13(12-22-2)8-16-15-5-4-6-17-19(15)14(10-20-17)9-18(16)21/h4-6,10,13,15-16,18-20H,3,7-9,11-12H2,1-2H3. The Morgan fingerprint density at radius 1 is 1.41 bits per heavy atom. The van der Waals surface area contributed by atoms with Gasteiger partial charge in [0, 0.05) is 30.4 Å². The van der Waals surface area contributed by atoms with Crippen molar-refractivity contribution in [3.8, 4) is 0 Å². The SMILES string of the molecule is CCCN1CC(CSC)CC2C3C=CC=C4NC=C(CC21)C43. The van der Waals surface area contributed by atoms with Crippen molar-refractivity contribution in [3.05, 3.63) is 35.7 Å². The van der Waals surface area contributed by atoms with Gasteiger partial charge >= 0.3 is 0 Å². The Kier molecular flexibility index (Phi) is 4.12. The first-order valence-electron chi connectivity index (χ1n) is 8.88. The molecule has 2 aliphatic carbocycles. The minimum Gasteiger partial charge on any atom is -0.365 e. The van der Waals surface area contributed by atoms with Crippen molar-refractivity contribution >= 4 is 11.8 Å². The number of fused-ring (bicyclic) bond motifs is 2. The van der Waals surface area contributed by atoms with Crippen molar-refractivity contribution < 1.29 is 0 Å². The number of piperidine rings is 1. The van der Waals surface area contributed by atoms with Crippen LogP contribution in [0.15, 0.2) is 35.7 Å². The van der Waals surface area contributed by atoms with Gasteiger partial charge in [0.05, 0.1) is 0 Å². The largest absolute Gasteiger partial charge is 0.365 e. The molecule has 5 atom stereocenters. The Morgan fingerprint density at radius 3 is 3.14 bits per heavy atom. The number of nitrogens with one attached hydrogen (secondary N) is 1. The molecular formula is C19H28N2S. The molecule has 1 saturated heterocycles. The van der Waals surface area contributed by atoms with Crippen LogP contribution < -0.4 is 5.32 Å². The lowest BCUT2D eigenvalue weighted by atomic mass is 9.61. The molecule has 4 aliphatic rings. The molecule has 1 N–H and O–H groups in total. The van der Waals surface area contributed by atoms with E-state index in [-0.39, 0.29) is 0 Å². The number of thioether (sulfide) groups is 1. The quantitative estimate of drug-likeness (QED) is 0.852. The molecule has 0 amide bonds. The molecule has 0 bridgehead atoms. The molecule has 0 aromatic carbocycles. The van der Waals surface area contributed by atoms with Crippen LogP contribution in [-0.4, -0.2) is 36.0 Å². The van der Waals surface area contributed by atoms with E-state index in [4.69, 9.17) is 0 Å². The maximum absolute atomic E-state index is 3.55. The molecule has 3 heteroatoms. The molecule has 22 heavy (non-hydrogen) atoms. The highest BCUT2D eigenvalue weighted by molar-refractivity contribution is 7.98. The van der Waals surface area contributed by atoms with E-state index in [0.717, 1.165) is 23.8 Å². The van der Waals surface area contributed by atoms with E-state index in [1.165, 1.54) is 43.8 Å². The topological polar surface area (TPSA) is 15.3 Å². The summed E-state index contributed by atoms with van der Waals surface area (Å²) < 4.78 is 0. The summed E-state index contributed by atoms with van der Waals surface area (Å²) in [5, 5.41) is 3.55. The van der Waals surface area contributed by atoms with E-state index < -0.39 is 0 Å². The Hall–Kier alpha value is -0.670. The second-order valence-electron chi connectivity index (χ2n) is 7.41. The lowest BCUT2D eigenvalue weighted by Crippen LogP contribution is -2.55. The fourth-order valence-corrected chi connectivity index (χ4v) is 6.04. The zero-order chi connectivity index (χ0) is 15.1. The fraction of sp³-hybridized carbons (Fsp3) is 0.684. The van der Waals surface area contributed by atoms with Gasteiger partial charge in [-0.2, -0.15) is 11.8 Å². The summed E-state index contributed by atoms with van der Waals surface area (Å²) in [6.45, 7) is 4.92. The van der Waals surface area contributed by atoms with Gasteiger partial charge in [0.25, 0.3) is 0 Å². The number of hydrogen-bond donors (Lipinski definition) is 1. The molecule has 1 saturated carbocycles. The van der Waals surface area contributed by atoms with Gasteiger partial charge in [-0.25, -0.2) is 0 Å². The van der Waals surface area contributed by atoms with Gasteiger partial charge in [-0.3, -0.25) is 4.90 Å². The third kappa shape index (κ3) is 2.37. The van der Waals surface area contributed by atoms with E-state index in [2.05, 4.69) is 47.8 Å². The van der Waals surface area contributed by atoms with Gasteiger partial charge in [0.2, 0.25) is 0 Å². The minimum absolute atomic E-state index is 0.669. The summed E-state index contributed by atoms with van der Waals surface area (Å²) in [5.74, 6) is 4.45. The summed E-state index contributed by atoms with van der Waals surface area (Å²) in [6, 6.07) is 0.773. The third-order valence-corrected chi connectivity index (χ3v) is 6.87. The number of nitrogens with zero attached hydrogens (tertiary/aromatic N) is 1. The van der Waals surface area contributed by atoms with Crippen molar-refractivity contribution in [2.24, 2.45) is 23.7 Å². The second kappa shape index (κ2) is 6.09. The molecule has 2 nitrogen and oxygen atoms in total. The van der Waals surface area contributed by atoms with Crippen molar-refractivity contribution in [2.75, 3.05) is 25.1 Å². The average molecular weight is 317 g/mol. The average Bonchev–Trinajstić information content (AvgIpc) is 2.94. The van der Waals surface area contributed by atoms with E-state index in [1.807, 2.05) is 11.8 Å². The maximum atomic E-state index is 3.55. The number of allylic oxidation sites excluding steroid dienone is 4. The Balaban J connectivity index is 1.63. The summed E-state index contributed by atoms with van der Waals surface area (Å²) in [5.41, 5.74) is 3.11. The van der Waals surface area contributed by atoms with Crippen molar-refractivity contribution in [1.82, 2.24) is 10.2 Å². The van der Waals surface area contributed by atoms with Crippen LogP contribution in [0.4, 0.5) is 0 Å². The molecule has 2 heterocycles. The van der Waals surface area contributed by atoms with Crippen LogP contribution >= 0.6 is 11.8 Å². The highest BCUT2D eigenvalue weighted by atomic mass is 32.2. The van der Waals surface area contributed by atoms with E-state index in [9.17, 15) is 0 Å². The van der Waals surface area contributed by atoms with E-state index in [1.54, 1.807) is 5.57 Å². The summed E-state index contributed by atoms with van der Waals surface area (Å²) in [6.07, 6.45) is 15.7. The molecule has 0 aromatic heterocycles. The molecule has 4 rings (SSSR count). The monoisotopic (exact) mass is 316 g/mol. The first kappa shape index (κ1) is 14.9. The highest BCUT2D eigenvalue weighted by Crippen LogP contribution is 2.51. The minimum atomic E-state index is 0.669. The summed E-state index contributed by atoms with van der Waals surface area (Å²) in [7, 11) is 0. The van der Waals surface area contributed by atoms with Gasteiger partial charge in [-0.1, -0.05) is 19.1 Å². The highest BCUT2D eigenvalue weighted by Gasteiger charge is 2.49. The van der Waals surface area contributed by atoms with Crippen molar-refractivity contribution in [3.63, 3.8) is 0 Å². The van der Waals surface area contributed by atoms with Crippen LogP contribution in [0.3, 0.4) is 0 Å². The van der Waals surface area contributed by atoms with Crippen molar-refractivity contribution in [1.29, 1.82) is 0 Å². The van der Waals surface area contributed by atoms with E-state index >= 15 is 0 Å². The van der Waals surface area contributed by atoms with Gasteiger partial charge in [-0.15, -0.1) is 0 Å². The fourth-order valence-electron chi connectivity index (χ4n) is 5.33. The molecule has 5 unspecified atom stereocenters. The molecule has 2 fully saturated rings. The molecule has 120 valence electrons. The molecule has 0 radical (unpaired) electrons. The summed E-state index contributed by atoms with van der Waals surface area (Å²) >= 11 is 2.03. The Labute approximate surface area is 139 Å². The maximum Gasteiger partial charge on any atom is 0.0283 e. The molecule has 0 spiro atoms. The molecule has 0 aromatic rings. The number of hydrogen-bond acceptors (Lipinski definition) is 3. The first-order chi connectivity index (χ1) is 10.8. The Bertz CT molecular complexity index is 522. The van der Waals surface area contributed by atoms with Gasteiger partial charge in [0.15, 0.2) is 0 Å². The third-order valence-electron chi connectivity index (χ3n) is 6.07. The van der Waals surface area contributed by atoms with Crippen LogP contribution in [0.2, 0.25) is 0 Å². The first-order valence-corrected chi connectivity index (χ1v) is 10.3. The van der Waals surface area contributed by atoms with Crippen molar-refractivity contribution in [2.45, 2.75) is 32.2 Å². The summed E-state index contributed by atoms with van der Waals surface area (Å²) in [4.78, 5) is 2.83. The predicted molar refractivity (Wildman–Crippen MR) is 95.7 cm³/mol. The number of likely N-dealkylation sites (tertiary alicyclic amines) is 1. The Morgan fingerprint density at radius 2 is 2.32 bits per heavy atom. The van der Waals surface area contributed by atoms with Gasteiger partial charge < -0.3 is 5.32 Å². The normalized spacial score (nSPS) is 39.6. The molecule has 2 aliphatic heterocycles. The molecular weight excluding hydrogens is 288 g/mol. The second-order valence-corrected chi connectivity index (χ2v) is 8.32. The van der Waals surface area contributed by atoms with Crippen LogP contribution in [0.5, 0.6) is 0 Å². The lowest BCUT2D eigenvalue weighted by Gasteiger charge is -2.52. The smallest absolute Gasteiger partial charge is 0.0283 e. The van der Waals surface area contributed by atoms with E-state index in [0.29, 0.717) is 5.92 Å².